The van der Waals surface area contributed by atoms with Crippen LogP contribution >= 0.6 is 28.3 Å². The van der Waals surface area contributed by atoms with E-state index in [2.05, 4.69) is 15.9 Å². The van der Waals surface area contributed by atoms with E-state index in [0.29, 0.717) is 6.54 Å². The molecule has 1 unspecified atom stereocenters. The molecule has 0 spiro atoms. The molecule has 100 valence electrons. The van der Waals surface area contributed by atoms with Gasteiger partial charge in [-0.3, -0.25) is 4.79 Å². The first-order chi connectivity index (χ1) is 8.13. The fourth-order valence-electron chi connectivity index (χ4n) is 2.24. The Morgan fingerprint density at radius 3 is 2.89 bits per heavy atom. The zero-order valence-corrected chi connectivity index (χ0v) is 12.8. The van der Waals surface area contributed by atoms with Crippen LogP contribution in [0.15, 0.2) is 22.7 Å². The first-order valence-electron chi connectivity index (χ1n) is 5.90. The number of benzene rings is 1. The maximum atomic E-state index is 12.3. The molecule has 3 nitrogen and oxygen atoms in total. The molecule has 1 fully saturated rings. The third-order valence-corrected chi connectivity index (χ3v) is 4.18. The SMILES string of the molecule is Cc1ccc(C(=O)N2CCCC2CN)cc1Br.Cl. The summed E-state index contributed by atoms with van der Waals surface area (Å²) in [6.07, 6.45) is 2.08. The van der Waals surface area contributed by atoms with E-state index in [0.717, 1.165) is 35.0 Å². The van der Waals surface area contributed by atoms with Crippen LogP contribution in [0.25, 0.3) is 0 Å². The van der Waals surface area contributed by atoms with Gasteiger partial charge in [0.1, 0.15) is 0 Å². The monoisotopic (exact) mass is 332 g/mol. The van der Waals surface area contributed by atoms with Gasteiger partial charge < -0.3 is 10.6 Å². The highest BCUT2D eigenvalue weighted by Crippen LogP contribution is 2.22. The summed E-state index contributed by atoms with van der Waals surface area (Å²) < 4.78 is 0.979. The van der Waals surface area contributed by atoms with Crippen LogP contribution in [0.2, 0.25) is 0 Å². The van der Waals surface area contributed by atoms with E-state index in [-0.39, 0.29) is 24.4 Å². The van der Waals surface area contributed by atoms with Gasteiger partial charge in [0.05, 0.1) is 0 Å². The molecule has 1 amide bonds. The predicted molar refractivity (Wildman–Crippen MR) is 79.2 cm³/mol. The van der Waals surface area contributed by atoms with Crippen LogP contribution < -0.4 is 5.73 Å². The molecule has 1 aromatic carbocycles. The quantitative estimate of drug-likeness (QED) is 0.904. The van der Waals surface area contributed by atoms with Crippen LogP contribution in [0.1, 0.15) is 28.8 Å². The fraction of sp³-hybridized carbons (Fsp3) is 0.462. The van der Waals surface area contributed by atoms with Crippen LogP contribution in [0.3, 0.4) is 0 Å². The van der Waals surface area contributed by atoms with E-state index in [1.54, 1.807) is 0 Å². The van der Waals surface area contributed by atoms with Crippen molar-refractivity contribution in [3.63, 3.8) is 0 Å². The Kier molecular flexibility index (Phi) is 5.63. The molecule has 1 saturated heterocycles. The minimum Gasteiger partial charge on any atom is -0.334 e. The summed E-state index contributed by atoms with van der Waals surface area (Å²) in [6.45, 7) is 3.39. The molecule has 1 aromatic rings. The summed E-state index contributed by atoms with van der Waals surface area (Å²) in [5.41, 5.74) is 7.57. The standard InChI is InChI=1S/C13H17BrN2O.ClH/c1-9-4-5-10(7-12(9)14)13(17)16-6-2-3-11(16)8-15;/h4-5,7,11H,2-3,6,8,15H2,1H3;1H. The van der Waals surface area contributed by atoms with Crippen LogP contribution in [-0.4, -0.2) is 29.9 Å². The van der Waals surface area contributed by atoms with E-state index in [4.69, 9.17) is 5.73 Å². The number of carbonyl (C=O) groups excluding carboxylic acids is 1. The summed E-state index contributed by atoms with van der Waals surface area (Å²) in [6, 6.07) is 5.95. The Morgan fingerprint density at radius 1 is 1.56 bits per heavy atom. The van der Waals surface area contributed by atoms with Gasteiger partial charge >= 0.3 is 0 Å². The van der Waals surface area contributed by atoms with Crippen molar-refractivity contribution < 1.29 is 4.79 Å². The number of nitrogens with two attached hydrogens (primary N) is 1. The maximum absolute atomic E-state index is 12.3. The van der Waals surface area contributed by atoms with Crippen molar-refractivity contribution in [1.29, 1.82) is 0 Å². The van der Waals surface area contributed by atoms with Gasteiger partial charge in [-0.25, -0.2) is 0 Å². The number of nitrogens with zero attached hydrogens (tertiary/aromatic N) is 1. The number of rotatable bonds is 2. The molecule has 0 bridgehead atoms. The summed E-state index contributed by atoms with van der Waals surface area (Å²) in [7, 11) is 0. The first-order valence-corrected chi connectivity index (χ1v) is 6.70. The minimum atomic E-state index is 0. The zero-order chi connectivity index (χ0) is 12.4. The molecular formula is C13H18BrClN2O. The second-order valence-corrected chi connectivity index (χ2v) is 5.35. The van der Waals surface area contributed by atoms with Gasteiger partial charge in [-0.1, -0.05) is 22.0 Å². The normalized spacial score (nSPS) is 18.6. The van der Waals surface area contributed by atoms with Crippen molar-refractivity contribution in [2.45, 2.75) is 25.8 Å². The third-order valence-electron chi connectivity index (χ3n) is 3.33. The Hall–Kier alpha value is -0.580. The molecule has 5 heteroatoms. The molecule has 1 heterocycles. The van der Waals surface area contributed by atoms with Crippen molar-refractivity contribution in [2.24, 2.45) is 5.73 Å². The van der Waals surface area contributed by atoms with Gasteiger partial charge in [-0.15, -0.1) is 12.4 Å². The Morgan fingerprint density at radius 2 is 2.28 bits per heavy atom. The van der Waals surface area contributed by atoms with E-state index in [1.165, 1.54) is 0 Å². The van der Waals surface area contributed by atoms with Gasteiger partial charge in [-0.05, 0) is 37.5 Å². The van der Waals surface area contributed by atoms with Crippen molar-refractivity contribution in [3.8, 4) is 0 Å². The lowest BCUT2D eigenvalue weighted by Gasteiger charge is -2.23. The van der Waals surface area contributed by atoms with Crippen LogP contribution in [-0.2, 0) is 0 Å². The Bertz CT molecular complexity index is 439. The van der Waals surface area contributed by atoms with Crippen molar-refractivity contribution in [2.75, 3.05) is 13.1 Å². The smallest absolute Gasteiger partial charge is 0.254 e. The third kappa shape index (κ3) is 3.05. The molecule has 1 aliphatic rings. The molecule has 1 atom stereocenters. The average Bonchev–Trinajstić information content (AvgIpc) is 2.80. The largest absolute Gasteiger partial charge is 0.334 e. The zero-order valence-electron chi connectivity index (χ0n) is 10.4. The van der Waals surface area contributed by atoms with E-state index >= 15 is 0 Å². The maximum Gasteiger partial charge on any atom is 0.254 e. The van der Waals surface area contributed by atoms with Crippen molar-refractivity contribution >= 4 is 34.2 Å². The van der Waals surface area contributed by atoms with Crippen LogP contribution in [0.4, 0.5) is 0 Å². The number of halogens is 2. The first kappa shape index (κ1) is 15.5. The van der Waals surface area contributed by atoms with Gasteiger partial charge in [0.2, 0.25) is 0 Å². The molecule has 0 aliphatic carbocycles. The molecular weight excluding hydrogens is 316 g/mol. The lowest BCUT2D eigenvalue weighted by Crippen LogP contribution is -2.39. The van der Waals surface area contributed by atoms with Gasteiger partial charge in [0.25, 0.3) is 5.91 Å². The summed E-state index contributed by atoms with van der Waals surface area (Å²) in [5.74, 6) is 0.0960. The highest BCUT2D eigenvalue weighted by atomic mass is 79.9. The van der Waals surface area contributed by atoms with Crippen LogP contribution in [0, 0.1) is 6.92 Å². The Labute approximate surface area is 122 Å². The molecule has 18 heavy (non-hydrogen) atoms. The molecule has 2 N–H and O–H groups in total. The van der Waals surface area contributed by atoms with Crippen molar-refractivity contribution in [1.82, 2.24) is 4.90 Å². The molecule has 0 radical (unpaired) electrons. The second-order valence-electron chi connectivity index (χ2n) is 4.49. The molecule has 0 aromatic heterocycles. The number of carbonyl (C=O) groups is 1. The number of aryl methyl sites for hydroxylation is 1. The number of hydrogen-bond donors (Lipinski definition) is 1. The molecule has 2 rings (SSSR count). The topological polar surface area (TPSA) is 46.3 Å². The summed E-state index contributed by atoms with van der Waals surface area (Å²) in [4.78, 5) is 14.2. The number of hydrogen-bond acceptors (Lipinski definition) is 2. The highest BCUT2D eigenvalue weighted by molar-refractivity contribution is 9.10. The van der Waals surface area contributed by atoms with E-state index < -0.39 is 0 Å². The second kappa shape index (κ2) is 6.55. The van der Waals surface area contributed by atoms with E-state index in [9.17, 15) is 4.79 Å². The van der Waals surface area contributed by atoms with Gasteiger partial charge in [0.15, 0.2) is 0 Å². The Balaban J connectivity index is 0.00000162. The summed E-state index contributed by atoms with van der Waals surface area (Å²) >= 11 is 3.46. The van der Waals surface area contributed by atoms with E-state index in [1.807, 2.05) is 30.0 Å². The van der Waals surface area contributed by atoms with Gasteiger partial charge in [0, 0.05) is 29.2 Å². The highest BCUT2D eigenvalue weighted by Gasteiger charge is 2.28. The van der Waals surface area contributed by atoms with Crippen LogP contribution in [0.5, 0.6) is 0 Å². The predicted octanol–water partition coefficient (Wildman–Crippen LogP) is 2.74. The molecule has 1 aliphatic heterocycles. The fourth-order valence-corrected chi connectivity index (χ4v) is 2.62. The lowest BCUT2D eigenvalue weighted by molar-refractivity contribution is 0.0741. The van der Waals surface area contributed by atoms with Crippen molar-refractivity contribution in [3.05, 3.63) is 33.8 Å². The minimum absolute atomic E-state index is 0. The number of likely N-dealkylation sites (tertiary alicyclic amines) is 1. The molecule has 0 saturated carbocycles. The summed E-state index contributed by atoms with van der Waals surface area (Å²) in [5, 5.41) is 0. The lowest BCUT2D eigenvalue weighted by atomic mass is 10.1. The average molecular weight is 334 g/mol. The van der Waals surface area contributed by atoms with Gasteiger partial charge in [-0.2, -0.15) is 0 Å². The number of amides is 1.